The van der Waals surface area contributed by atoms with Gasteiger partial charge in [-0.05, 0) is 207 Å². The zero-order chi connectivity index (χ0) is 89.6. The fourth-order valence-electron chi connectivity index (χ4n) is 13.7. The molecule has 10 aliphatic rings. The summed E-state index contributed by atoms with van der Waals surface area (Å²) in [6.45, 7) is 55.3. The molecule has 652 valence electrons. The Hall–Kier alpha value is -7.92. The van der Waals surface area contributed by atoms with Gasteiger partial charge >= 0.3 is 0 Å². The molecule has 4 N–H and O–H groups in total. The van der Waals surface area contributed by atoms with Crippen LogP contribution < -0.4 is 18.9 Å². The number of hydrogen-bond acceptors (Lipinski definition) is 20. The maximum Gasteiger partial charge on any atom is 0.147 e. The van der Waals surface area contributed by atoms with Gasteiger partial charge in [-0.3, -0.25) is 20.0 Å². The molecule has 10 aromatic rings. The lowest BCUT2D eigenvalue weighted by atomic mass is 9.87. The third-order valence-corrected chi connectivity index (χ3v) is 30.1. The number of aliphatic imine (C=N–C) groups is 4. The fourth-order valence-corrected chi connectivity index (χ4v) is 22.8. The van der Waals surface area contributed by atoms with Crippen LogP contribution in [0.3, 0.4) is 0 Å². The van der Waals surface area contributed by atoms with E-state index in [9.17, 15) is 20.4 Å². The summed E-state index contributed by atoms with van der Waals surface area (Å²) in [6, 6.07) is 50.8. The molecule has 20 heteroatoms. The highest BCUT2D eigenvalue weighted by atomic mass is 32.2. The Morgan fingerprint density at radius 1 is 0.202 bits per heavy atom. The Kier molecular flexibility index (Phi) is 28.3. The Labute approximate surface area is 770 Å². The Bertz CT molecular complexity index is 4880. The molecule has 0 atom stereocenters. The number of fused-ring (bicyclic) bond motifs is 2. The highest BCUT2D eigenvalue weighted by molar-refractivity contribution is 8.02. The standard InChI is InChI=1S/C104H120N4O8S8/c1-97(2,3)65-41-73-89(109)74(42-65)118-82-50-70(102(16,17)18)52-84-94(82)114-38-34-106-58-62-27-31-64(32-28-62)60-108-36-40-116-96-86-54-72(104(22,23)24)56-88(96)124-80-48-68(100(10,11)12)47-79(92(80)112)123-87-55-71(103(19,20)21)53-85(121-77-45-67(99(7,8)9)46-78(122-86)91(77)111)95(87)115-39-35-107-59-63-29-25-61(26-30-63)57-105-33-37-113-93-81(117-73)49-69(101(13,14)15)51-83(93)119-75-43-66(98(4,5)6)44-76(120-84)90(75)110/h25-32,41-60,109-112H,33-40H2,1-24H3. The van der Waals surface area contributed by atoms with E-state index in [0.29, 0.717) is 88.3 Å². The molecule has 0 saturated carbocycles. The molecule has 124 heavy (non-hydrogen) atoms. The lowest BCUT2D eigenvalue weighted by Gasteiger charge is -2.27. The van der Waals surface area contributed by atoms with Crippen LogP contribution in [0.25, 0.3) is 0 Å². The molecular formula is C104H120N4O8S8. The number of phenols is 4. The quantitative estimate of drug-likeness (QED) is 0.113. The van der Waals surface area contributed by atoms with Crippen molar-refractivity contribution < 1.29 is 39.4 Å². The van der Waals surface area contributed by atoms with Crippen molar-refractivity contribution in [3.05, 3.63) is 212 Å². The molecule has 24 bridgehead atoms. The highest BCUT2D eigenvalue weighted by Crippen LogP contribution is 2.60. The zero-order valence-corrected chi connectivity index (χ0v) is 82.8. The summed E-state index contributed by atoms with van der Waals surface area (Å²) >= 11 is 11.9. The summed E-state index contributed by atoms with van der Waals surface area (Å²) in [6.07, 6.45) is 7.49. The first-order chi connectivity index (χ1) is 58.1. The van der Waals surface area contributed by atoms with Crippen molar-refractivity contribution in [2.45, 2.75) is 288 Å². The minimum Gasteiger partial charge on any atom is -0.506 e. The molecular weight excluding hydrogens is 1690 g/mol. The van der Waals surface area contributed by atoms with Gasteiger partial charge in [0.2, 0.25) is 0 Å². The van der Waals surface area contributed by atoms with Crippen molar-refractivity contribution in [2.75, 3.05) is 52.6 Å². The van der Waals surface area contributed by atoms with Gasteiger partial charge in [-0.1, -0.05) is 309 Å². The largest absolute Gasteiger partial charge is 0.506 e. The van der Waals surface area contributed by atoms with Gasteiger partial charge in [-0.2, -0.15) is 0 Å². The molecule has 0 spiro atoms. The van der Waals surface area contributed by atoms with Crippen LogP contribution in [-0.4, -0.2) is 97.9 Å². The molecule has 0 aliphatic carbocycles. The first-order valence-electron chi connectivity index (χ1n) is 42.5. The third kappa shape index (κ3) is 23.0. The van der Waals surface area contributed by atoms with Crippen LogP contribution in [0.5, 0.6) is 46.0 Å². The van der Waals surface area contributed by atoms with E-state index in [4.69, 9.17) is 38.9 Å². The zero-order valence-electron chi connectivity index (χ0n) is 76.3. The smallest absolute Gasteiger partial charge is 0.147 e. The average Bonchev–Trinajstić information content (AvgIpc) is 0.756. The maximum atomic E-state index is 13.0. The van der Waals surface area contributed by atoms with Gasteiger partial charge in [-0.25, -0.2) is 0 Å². The van der Waals surface area contributed by atoms with Crippen LogP contribution in [0.1, 0.15) is 233 Å². The minimum atomic E-state index is -0.313. The van der Waals surface area contributed by atoms with Crippen LogP contribution in [0.2, 0.25) is 0 Å². The van der Waals surface area contributed by atoms with Crippen LogP contribution in [-0.2, 0) is 43.3 Å². The molecule has 10 aromatic carbocycles. The van der Waals surface area contributed by atoms with Crippen molar-refractivity contribution in [3.63, 3.8) is 0 Å². The van der Waals surface area contributed by atoms with Gasteiger partial charge in [0.05, 0.1) is 105 Å². The third-order valence-electron chi connectivity index (χ3n) is 21.6. The Balaban J connectivity index is 0.922. The van der Waals surface area contributed by atoms with Crippen molar-refractivity contribution in [1.29, 1.82) is 0 Å². The van der Waals surface area contributed by atoms with Crippen LogP contribution in [0.15, 0.2) is 244 Å². The summed E-state index contributed by atoms with van der Waals surface area (Å²) in [7, 11) is 0. The summed E-state index contributed by atoms with van der Waals surface area (Å²) in [4.78, 5) is 31.8. The average molecular weight is 1810 g/mol. The second-order valence-electron chi connectivity index (χ2n) is 40.2. The Morgan fingerprint density at radius 3 is 0.444 bits per heavy atom. The van der Waals surface area contributed by atoms with Crippen LogP contribution >= 0.6 is 94.1 Å². The summed E-state index contributed by atoms with van der Waals surface area (Å²) in [5.74, 6) is 3.14. The highest BCUT2D eigenvalue weighted by Gasteiger charge is 2.34. The normalized spacial score (nSPS) is 15.2. The van der Waals surface area contributed by atoms with Gasteiger partial charge in [0.25, 0.3) is 0 Å². The van der Waals surface area contributed by atoms with Crippen molar-refractivity contribution >= 4 is 119 Å². The van der Waals surface area contributed by atoms with E-state index in [1.54, 1.807) is 0 Å². The van der Waals surface area contributed by atoms with E-state index >= 15 is 0 Å². The molecule has 0 aromatic heterocycles. The number of hydrogen-bond donors (Lipinski definition) is 4. The predicted octanol–water partition coefficient (Wildman–Crippen LogP) is 29.0. The van der Waals surface area contributed by atoms with Crippen molar-refractivity contribution in [2.24, 2.45) is 20.0 Å². The summed E-state index contributed by atoms with van der Waals surface area (Å²) in [5, 5.41) is 52.1. The summed E-state index contributed by atoms with van der Waals surface area (Å²) < 4.78 is 28.4. The molecule has 0 amide bonds. The van der Waals surface area contributed by atoms with E-state index in [2.05, 4.69) is 263 Å². The van der Waals surface area contributed by atoms with Gasteiger partial charge in [-0.15, -0.1) is 0 Å². The fraction of sp³-hybridized carbons (Fsp3) is 0.385. The van der Waals surface area contributed by atoms with E-state index in [1.807, 2.05) is 73.4 Å². The minimum absolute atomic E-state index is 0.153. The lowest BCUT2D eigenvalue weighted by molar-refractivity contribution is 0.312. The molecule has 0 radical (unpaired) electrons. The number of phenolic OH excluding ortho intramolecular Hbond substituents is 4. The predicted molar refractivity (Wildman–Crippen MR) is 525 cm³/mol. The topological polar surface area (TPSA) is 167 Å². The van der Waals surface area contributed by atoms with Crippen molar-refractivity contribution in [1.82, 2.24) is 0 Å². The van der Waals surface area contributed by atoms with Gasteiger partial charge in [0.15, 0.2) is 0 Å². The van der Waals surface area contributed by atoms with E-state index in [-0.39, 0.29) is 92.7 Å². The SMILES string of the molecule is CC(C)(C)c1cc2c(O)c(c1)Sc1cc(C(C)(C)C)cc3c1OCCN=Cc1ccc(cc1)C=NCCOc1c4cc(C(C)(C)C)cc1Sc1cc(C(C)(C)C)cc(c1O)Sc1cc(C(C)(C)C)cc(c1OCCN=Cc1ccc(cc1)C=NCCOc1c(cc(C(C)(C)C)cc1Sc1cc(C(C)(C)C)cc(c1O)S3)S2)Sc1cc(C(C)(C)C)cc(c1O)S4. The van der Waals surface area contributed by atoms with Crippen molar-refractivity contribution in [3.8, 4) is 46.0 Å². The van der Waals surface area contributed by atoms with Crippen LogP contribution in [0, 0.1) is 0 Å². The second-order valence-corrected chi connectivity index (χ2v) is 48.8. The monoisotopic (exact) mass is 1810 g/mol. The summed E-state index contributed by atoms with van der Waals surface area (Å²) in [5.41, 5.74) is 9.67. The molecule has 10 heterocycles. The van der Waals surface area contributed by atoms with E-state index in [0.717, 1.165) is 106 Å². The van der Waals surface area contributed by atoms with E-state index in [1.165, 1.54) is 94.1 Å². The lowest BCUT2D eigenvalue weighted by Crippen LogP contribution is -2.13. The van der Waals surface area contributed by atoms with Gasteiger partial charge in [0, 0.05) is 24.9 Å². The molecule has 20 rings (SSSR count). The molecule has 10 aliphatic heterocycles. The number of benzene rings is 10. The van der Waals surface area contributed by atoms with Gasteiger partial charge in [0.1, 0.15) is 72.4 Å². The number of rotatable bonds is 0. The molecule has 0 saturated heterocycles. The number of ether oxygens (including phenoxy) is 4. The van der Waals surface area contributed by atoms with E-state index < -0.39 is 0 Å². The second kappa shape index (κ2) is 37.4. The van der Waals surface area contributed by atoms with Crippen LogP contribution in [0.4, 0.5) is 0 Å². The number of nitrogens with zero attached hydrogens (tertiary/aromatic N) is 4. The Morgan fingerprint density at radius 2 is 0.323 bits per heavy atom. The first-order valence-corrected chi connectivity index (χ1v) is 49.0. The molecule has 0 unspecified atom stereocenters. The molecule has 0 fully saturated rings. The number of aromatic hydroxyl groups is 4. The first kappa shape index (κ1) is 93.7. The van der Waals surface area contributed by atoms with Gasteiger partial charge < -0.3 is 39.4 Å². The maximum absolute atomic E-state index is 13.0. The molecule has 12 nitrogen and oxygen atoms in total.